The Bertz CT molecular complexity index is 572. The predicted octanol–water partition coefficient (Wildman–Crippen LogP) is 2.53. The number of ether oxygens (including phenoxy) is 1. The Balaban J connectivity index is 2.39. The monoisotopic (exact) mass is 272 g/mol. The van der Waals surface area contributed by atoms with Gasteiger partial charge in [-0.25, -0.2) is 15.8 Å². The van der Waals surface area contributed by atoms with E-state index in [-0.39, 0.29) is 0 Å². The number of nitrogens with zero attached hydrogens (tertiary/aromatic N) is 2. The minimum atomic E-state index is 0.574. The average molecular weight is 272 g/mol. The van der Waals surface area contributed by atoms with Crippen LogP contribution in [0.2, 0.25) is 0 Å². The average Bonchev–Trinajstić information content (AvgIpc) is 2.48. The van der Waals surface area contributed by atoms with E-state index < -0.39 is 0 Å². The summed E-state index contributed by atoms with van der Waals surface area (Å²) in [6.07, 6.45) is 1.94. The van der Waals surface area contributed by atoms with Crippen molar-refractivity contribution in [1.29, 1.82) is 0 Å². The van der Waals surface area contributed by atoms with Crippen LogP contribution < -0.4 is 11.3 Å². The van der Waals surface area contributed by atoms with Crippen LogP contribution >= 0.6 is 0 Å². The third kappa shape index (κ3) is 3.53. The van der Waals surface area contributed by atoms with Crippen LogP contribution in [0.3, 0.4) is 0 Å². The molecule has 3 N–H and O–H groups in total. The van der Waals surface area contributed by atoms with Gasteiger partial charge < -0.3 is 10.2 Å². The Hall–Kier alpha value is -1.98. The van der Waals surface area contributed by atoms with Crippen molar-refractivity contribution in [2.24, 2.45) is 5.84 Å². The molecule has 2 aromatic rings. The molecule has 20 heavy (non-hydrogen) atoms. The molecule has 0 aliphatic heterocycles. The van der Waals surface area contributed by atoms with E-state index in [1.165, 1.54) is 0 Å². The molecule has 0 saturated heterocycles. The first-order valence-electron chi connectivity index (χ1n) is 6.69. The van der Waals surface area contributed by atoms with E-state index in [9.17, 15) is 0 Å². The number of hydrogen-bond donors (Lipinski definition) is 2. The molecule has 0 fully saturated rings. The van der Waals surface area contributed by atoms with Crippen molar-refractivity contribution in [3.8, 4) is 11.4 Å². The summed E-state index contributed by atoms with van der Waals surface area (Å²) in [5, 5.41) is 0. The van der Waals surface area contributed by atoms with Gasteiger partial charge in [-0.2, -0.15) is 0 Å². The van der Waals surface area contributed by atoms with Crippen LogP contribution in [-0.4, -0.2) is 17.1 Å². The summed E-state index contributed by atoms with van der Waals surface area (Å²) in [6.45, 7) is 2.70. The van der Waals surface area contributed by atoms with Crippen LogP contribution in [0.4, 0.5) is 5.82 Å². The second-order valence-electron chi connectivity index (χ2n) is 4.60. The third-order valence-electron chi connectivity index (χ3n) is 2.93. The summed E-state index contributed by atoms with van der Waals surface area (Å²) >= 11 is 0. The summed E-state index contributed by atoms with van der Waals surface area (Å²) in [6, 6.07) is 9.91. The molecule has 5 nitrogen and oxygen atoms in total. The quantitative estimate of drug-likeness (QED) is 0.624. The Kier molecular flexibility index (Phi) is 5.03. The molecule has 0 bridgehead atoms. The van der Waals surface area contributed by atoms with Gasteiger partial charge in [0, 0.05) is 24.4 Å². The molecular formula is C15H20N4O. The van der Waals surface area contributed by atoms with Crippen LogP contribution in [0.15, 0.2) is 30.3 Å². The Morgan fingerprint density at radius 3 is 2.80 bits per heavy atom. The highest BCUT2D eigenvalue weighted by Crippen LogP contribution is 2.20. The van der Waals surface area contributed by atoms with Crippen molar-refractivity contribution in [1.82, 2.24) is 9.97 Å². The van der Waals surface area contributed by atoms with Gasteiger partial charge in [0.1, 0.15) is 5.82 Å². The molecule has 5 heteroatoms. The fourth-order valence-corrected chi connectivity index (χ4v) is 2.05. The topological polar surface area (TPSA) is 73.1 Å². The van der Waals surface area contributed by atoms with E-state index >= 15 is 0 Å². The van der Waals surface area contributed by atoms with Gasteiger partial charge in [0.05, 0.1) is 6.61 Å². The zero-order valence-electron chi connectivity index (χ0n) is 11.9. The summed E-state index contributed by atoms with van der Waals surface area (Å²) in [5.41, 5.74) is 5.65. The van der Waals surface area contributed by atoms with Crippen molar-refractivity contribution >= 4 is 5.82 Å². The lowest BCUT2D eigenvalue weighted by Gasteiger charge is -2.08. The van der Waals surface area contributed by atoms with E-state index in [4.69, 9.17) is 10.6 Å². The van der Waals surface area contributed by atoms with Gasteiger partial charge in [0.25, 0.3) is 0 Å². The van der Waals surface area contributed by atoms with Gasteiger partial charge in [-0.3, -0.25) is 0 Å². The van der Waals surface area contributed by atoms with E-state index in [1.807, 2.05) is 30.3 Å². The molecule has 0 unspecified atom stereocenters. The van der Waals surface area contributed by atoms with Crippen molar-refractivity contribution in [3.63, 3.8) is 0 Å². The minimum Gasteiger partial charge on any atom is -0.380 e. The molecule has 1 aromatic carbocycles. The lowest BCUT2D eigenvalue weighted by atomic mass is 10.1. The molecule has 0 amide bonds. The van der Waals surface area contributed by atoms with Crippen molar-refractivity contribution in [2.45, 2.75) is 26.4 Å². The fraction of sp³-hybridized carbons (Fsp3) is 0.333. The SMILES string of the molecule is CCCc1cc(NN)nc(-c2cccc(COC)c2)n1. The normalized spacial score (nSPS) is 10.6. The number of nitrogen functional groups attached to an aromatic ring is 1. The van der Waals surface area contributed by atoms with Crippen LogP contribution in [0.5, 0.6) is 0 Å². The number of aryl methyl sites for hydroxylation is 1. The Morgan fingerprint density at radius 2 is 2.10 bits per heavy atom. The van der Waals surface area contributed by atoms with E-state index in [0.717, 1.165) is 29.7 Å². The maximum Gasteiger partial charge on any atom is 0.161 e. The number of nitrogens with one attached hydrogen (secondary N) is 1. The minimum absolute atomic E-state index is 0.574. The summed E-state index contributed by atoms with van der Waals surface area (Å²) in [7, 11) is 1.68. The van der Waals surface area contributed by atoms with Crippen LogP contribution in [-0.2, 0) is 17.8 Å². The number of methoxy groups -OCH3 is 1. The van der Waals surface area contributed by atoms with Gasteiger partial charge >= 0.3 is 0 Å². The smallest absolute Gasteiger partial charge is 0.161 e. The number of rotatable bonds is 6. The Labute approximate surface area is 119 Å². The third-order valence-corrected chi connectivity index (χ3v) is 2.93. The summed E-state index contributed by atoms with van der Waals surface area (Å²) in [4.78, 5) is 9.01. The highest BCUT2D eigenvalue weighted by molar-refractivity contribution is 5.58. The summed E-state index contributed by atoms with van der Waals surface area (Å²) in [5.74, 6) is 6.80. The maximum absolute atomic E-state index is 5.48. The van der Waals surface area contributed by atoms with Crippen molar-refractivity contribution in [3.05, 3.63) is 41.6 Å². The molecule has 1 aromatic heterocycles. The molecule has 0 spiro atoms. The molecule has 106 valence electrons. The zero-order valence-corrected chi connectivity index (χ0v) is 11.9. The number of hydrazine groups is 1. The predicted molar refractivity (Wildman–Crippen MR) is 80.0 cm³/mol. The molecule has 2 rings (SSSR count). The van der Waals surface area contributed by atoms with Crippen LogP contribution in [0.1, 0.15) is 24.6 Å². The second kappa shape index (κ2) is 6.98. The van der Waals surface area contributed by atoms with E-state index in [0.29, 0.717) is 18.2 Å². The lowest BCUT2D eigenvalue weighted by Crippen LogP contribution is -2.10. The van der Waals surface area contributed by atoms with Gasteiger partial charge in [-0.1, -0.05) is 31.5 Å². The zero-order chi connectivity index (χ0) is 14.4. The number of hydrogen-bond acceptors (Lipinski definition) is 5. The molecular weight excluding hydrogens is 252 g/mol. The van der Waals surface area contributed by atoms with Gasteiger partial charge in [-0.05, 0) is 18.1 Å². The van der Waals surface area contributed by atoms with Crippen LogP contribution in [0.25, 0.3) is 11.4 Å². The standard InChI is InChI=1S/C15H20N4O/c1-3-5-13-9-14(19-16)18-15(17-13)12-7-4-6-11(8-12)10-20-2/h4,6-9H,3,5,10,16H2,1-2H3,(H,17,18,19). The summed E-state index contributed by atoms with van der Waals surface area (Å²) < 4.78 is 5.15. The van der Waals surface area contributed by atoms with E-state index in [1.54, 1.807) is 7.11 Å². The highest BCUT2D eigenvalue weighted by atomic mass is 16.5. The Morgan fingerprint density at radius 1 is 1.25 bits per heavy atom. The van der Waals surface area contributed by atoms with Crippen LogP contribution in [0, 0.1) is 0 Å². The number of benzene rings is 1. The largest absolute Gasteiger partial charge is 0.380 e. The number of aromatic nitrogens is 2. The fourth-order valence-electron chi connectivity index (χ4n) is 2.05. The maximum atomic E-state index is 5.48. The van der Waals surface area contributed by atoms with Gasteiger partial charge in [0.2, 0.25) is 0 Å². The molecule has 0 atom stereocenters. The lowest BCUT2D eigenvalue weighted by molar-refractivity contribution is 0.185. The molecule has 1 heterocycles. The molecule has 0 radical (unpaired) electrons. The van der Waals surface area contributed by atoms with Crippen molar-refractivity contribution < 1.29 is 4.74 Å². The molecule has 0 aliphatic carbocycles. The molecule has 0 saturated carbocycles. The molecule has 0 aliphatic rings. The van der Waals surface area contributed by atoms with Crippen molar-refractivity contribution in [2.75, 3.05) is 12.5 Å². The first kappa shape index (κ1) is 14.4. The number of anilines is 1. The first-order chi connectivity index (χ1) is 9.76. The highest BCUT2D eigenvalue weighted by Gasteiger charge is 2.07. The second-order valence-corrected chi connectivity index (χ2v) is 4.60. The van der Waals surface area contributed by atoms with E-state index in [2.05, 4.69) is 22.3 Å². The van der Waals surface area contributed by atoms with Gasteiger partial charge in [-0.15, -0.1) is 0 Å². The number of nitrogens with two attached hydrogens (primary N) is 1. The first-order valence-corrected chi connectivity index (χ1v) is 6.69. The van der Waals surface area contributed by atoms with Gasteiger partial charge in [0.15, 0.2) is 5.82 Å².